The summed E-state index contributed by atoms with van der Waals surface area (Å²) in [5.41, 5.74) is 6.49. The molecule has 1 aliphatic heterocycles. The maximum Gasteiger partial charge on any atom is 0.224 e. The topological polar surface area (TPSA) is 54.7 Å². The molecule has 1 N–H and O–H groups in total. The average Bonchev–Trinajstić information content (AvgIpc) is 3.04. The minimum Gasteiger partial charge on any atom is -0.416 e. The Morgan fingerprint density at radius 2 is 1.86 bits per heavy atom. The third-order valence-corrected chi connectivity index (χ3v) is 5.61. The number of aliphatic hydroxyl groups excluding tert-OH is 1. The largest absolute Gasteiger partial charge is 0.416 e. The smallest absolute Gasteiger partial charge is 0.224 e. The molecule has 0 unspecified atom stereocenters. The number of nitrogens with zero attached hydrogens (tertiary/aromatic N) is 2. The first-order valence-corrected chi connectivity index (χ1v) is 9.26. The molecular formula is C23H20N2O3. The number of carbonyl (C=O) groups excluding carboxylic acids is 1. The number of para-hydroxylation sites is 2. The van der Waals surface area contributed by atoms with Gasteiger partial charge >= 0.3 is 0 Å². The lowest BCUT2D eigenvalue weighted by molar-refractivity contribution is -0.116. The second-order valence-electron chi connectivity index (χ2n) is 7.06. The summed E-state index contributed by atoms with van der Waals surface area (Å²) in [6.45, 7) is 1.95. The normalized spacial score (nSPS) is 12.9. The Kier molecular flexibility index (Phi) is 3.67. The van der Waals surface area contributed by atoms with Crippen molar-refractivity contribution in [2.24, 2.45) is 0 Å². The minimum atomic E-state index is -0.117. The van der Waals surface area contributed by atoms with E-state index in [9.17, 15) is 9.90 Å². The highest BCUT2D eigenvalue weighted by atomic mass is 16.6. The molecule has 0 saturated heterocycles. The zero-order valence-electron chi connectivity index (χ0n) is 15.8. The Morgan fingerprint density at radius 1 is 1.11 bits per heavy atom. The molecule has 0 atom stereocenters. The molecule has 3 aromatic carbocycles. The van der Waals surface area contributed by atoms with Gasteiger partial charge in [0.05, 0.1) is 29.9 Å². The summed E-state index contributed by atoms with van der Waals surface area (Å²) < 4.78 is 1.79. The lowest BCUT2D eigenvalue weighted by Crippen LogP contribution is -2.31. The second kappa shape index (κ2) is 6.11. The number of fused-ring (bicyclic) bond motifs is 6. The van der Waals surface area contributed by atoms with Crippen LogP contribution in [0.25, 0.3) is 32.9 Å². The SMILES string of the molecule is COn1c2ccccc2c2cc3c(c(CO)c21)-c1ccccc1N(C(C)=O)C3. The Labute approximate surface area is 162 Å². The molecule has 0 fully saturated rings. The van der Waals surface area contributed by atoms with Crippen LogP contribution in [0.1, 0.15) is 18.1 Å². The van der Waals surface area contributed by atoms with Crippen molar-refractivity contribution in [3.05, 3.63) is 65.7 Å². The van der Waals surface area contributed by atoms with Crippen LogP contribution in [0.3, 0.4) is 0 Å². The standard InChI is InChI=1S/C23H20N2O3/c1-14(27)24-12-15-11-18-16-7-3-6-10-21(16)25(28-2)23(18)19(13-26)22(15)17-8-4-5-9-20(17)24/h3-11,26H,12-13H2,1-2H3. The van der Waals surface area contributed by atoms with E-state index < -0.39 is 0 Å². The summed E-state index contributed by atoms with van der Waals surface area (Å²) in [4.78, 5) is 19.8. The van der Waals surface area contributed by atoms with Gasteiger partial charge in [-0.05, 0) is 29.3 Å². The summed E-state index contributed by atoms with van der Waals surface area (Å²) in [5, 5.41) is 12.5. The van der Waals surface area contributed by atoms with E-state index in [1.165, 1.54) is 0 Å². The quantitative estimate of drug-likeness (QED) is 0.581. The number of hydrogen-bond acceptors (Lipinski definition) is 3. The van der Waals surface area contributed by atoms with Crippen LogP contribution in [-0.2, 0) is 17.9 Å². The number of carbonyl (C=O) groups is 1. The Balaban J connectivity index is 1.96. The highest BCUT2D eigenvalue weighted by Crippen LogP contribution is 2.45. The zero-order chi connectivity index (χ0) is 19.4. The van der Waals surface area contributed by atoms with E-state index in [2.05, 4.69) is 12.1 Å². The van der Waals surface area contributed by atoms with Crippen molar-refractivity contribution < 1.29 is 14.7 Å². The van der Waals surface area contributed by atoms with Crippen molar-refractivity contribution >= 4 is 33.4 Å². The van der Waals surface area contributed by atoms with Crippen LogP contribution in [0.2, 0.25) is 0 Å². The molecule has 0 radical (unpaired) electrons. The van der Waals surface area contributed by atoms with Gasteiger partial charge in [-0.15, -0.1) is 0 Å². The van der Waals surface area contributed by atoms with Gasteiger partial charge < -0.3 is 14.8 Å². The maximum absolute atomic E-state index is 12.3. The highest BCUT2D eigenvalue weighted by molar-refractivity contribution is 6.12. The van der Waals surface area contributed by atoms with E-state index in [0.717, 1.165) is 49.7 Å². The number of aliphatic hydroxyl groups is 1. The van der Waals surface area contributed by atoms with Crippen LogP contribution in [0.15, 0.2) is 54.6 Å². The van der Waals surface area contributed by atoms with Gasteiger partial charge in [-0.25, -0.2) is 0 Å². The Bertz CT molecular complexity index is 1260. The third-order valence-electron chi connectivity index (χ3n) is 5.61. The fourth-order valence-electron chi connectivity index (χ4n) is 4.49. The first kappa shape index (κ1) is 16.8. The van der Waals surface area contributed by atoms with Crippen LogP contribution < -0.4 is 9.74 Å². The molecule has 1 aliphatic rings. The summed E-state index contributed by atoms with van der Waals surface area (Å²) >= 11 is 0. The van der Waals surface area contributed by atoms with Crippen molar-refractivity contribution in [3.8, 4) is 11.1 Å². The Morgan fingerprint density at radius 3 is 2.61 bits per heavy atom. The zero-order valence-corrected chi connectivity index (χ0v) is 15.8. The fourth-order valence-corrected chi connectivity index (χ4v) is 4.49. The van der Waals surface area contributed by atoms with Gasteiger partial charge in [0.1, 0.15) is 7.11 Å². The van der Waals surface area contributed by atoms with Crippen LogP contribution in [-0.4, -0.2) is 22.9 Å². The number of hydrogen-bond donors (Lipinski definition) is 1. The van der Waals surface area contributed by atoms with Gasteiger partial charge in [0, 0.05) is 28.8 Å². The highest BCUT2D eigenvalue weighted by Gasteiger charge is 2.29. The summed E-state index contributed by atoms with van der Waals surface area (Å²) in [7, 11) is 1.64. The van der Waals surface area contributed by atoms with Crippen LogP contribution in [0.5, 0.6) is 0 Å². The van der Waals surface area contributed by atoms with Gasteiger partial charge in [-0.1, -0.05) is 36.4 Å². The van der Waals surface area contributed by atoms with Crippen LogP contribution in [0, 0.1) is 0 Å². The molecule has 5 rings (SSSR count). The molecule has 28 heavy (non-hydrogen) atoms. The van der Waals surface area contributed by atoms with E-state index in [1.54, 1.807) is 23.7 Å². The first-order chi connectivity index (χ1) is 13.7. The van der Waals surface area contributed by atoms with Gasteiger partial charge in [-0.2, -0.15) is 4.73 Å². The number of benzene rings is 3. The molecule has 1 aromatic heterocycles. The molecule has 0 saturated carbocycles. The van der Waals surface area contributed by atoms with Gasteiger partial charge in [0.15, 0.2) is 0 Å². The van der Waals surface area contributed by atoms with Crippen molar-refractivity contribution in [1.82, 2.24) is 4.73 Å². The predicted octanol–water partition coefficient (Wildman–Crippen LogP) is 3.88. The molecule has 0 spiro atoms. The number of amides is 1. The molecule has 5 nitrogen and oxygen atoms in total. The number of anilines is 1. The Hall–Kier alpha value is -3.31. The third kappa shape index (κ3) is 2.14. The lowest BCUT2D eigenvalue weighted by atomic mass is 9.87. The van der Waals surface area contributed by atoms with Crippen LogP contribution in [0.4, 0.5) is 5.69 Å². The maximum atomic E-state index is 12.3. The molecule has 1 amide bonds. The molecule has 0 aliphatic carbocycles. The van der Waals surface area contributed by atoms with E-state index in [-0.39, 0.29) is 12.5 Å². The van der Waals surface area contributed by atoms with E-state index >= 15 is 0 Å². The number of aromatic nitrogens is 1. The van der Waals surface area contributed by atoms with Crippen LogP contribution >= 0.6 is 0 Å². The summed E-state index contributed by atoms with van der Waals surface area (Å²) in [6, 6.07) is 18.0. The average molecular weight is 372 g/mol. The second-order valence-corrected chi connectivity index (χ2v) is 7.06. The molecule has 0 bridgehead atoms. The summed E-state index contributed by atoms with van der Waals surface area (Å²) in [6.07, 6.45) is 0. The van der Waals surface area contributed by atoms with Crippen molar-refractivity contribution in [2.45, 2.75) is 20.1 Å². The van der Waals surface area contributed by atoms with Gasteiger partial charge in [0.2, 0.25) is 5.91 Å². The molecule has 5 heteroatoms. The first-order valence-electron chi connectivity index (χ1n) is 9.26. The van der Waals surface area contributed by atoms with Crippen molar-refractivity contribution in [1.29, 1.82) is 0 Å². The lowest BCUT2D eigenvalue weighted by Gasteiger charge is -2.32. The monoisotopic (exact) mass is 372 g/mol. The molecule has 4 aromatic rings. The number of rotatable bonds is 2. The van der Waals surface area contributed by atoms with E-state index in [4.69, 9.17) is 4.84 Å². The minimum absolute atomic E-state index is 0.00284. The van der Waals surface area contributed by atoms with Gasteiger partial charge in [-0.3, -0.25) is 4.79 Å². The molecule has 2 heterocycles. The molecular weight excluding hydrogens is 352 g/mol. The summed E-state index contributed by atoms with van der Waals surface area (Å²) in [5.74, 6) is 0.00284. The van der Waals surface area contributed by atoms with Crippen molar-refractivity contribution in [2.75, 3.05) is 12.0 Å². The van der Waals surface area contributed by atoms with Gasteiger partial charge in [0.25, 0.3) is 0 Å². The van der Waals surface area contributed by atoms with E-state index in [0.29, 0.717) is 6.54 Å². The van der Waals surface area contributed by atoms with E-state index in [1.807, 2.05) is 42.5 Å². The van der Waals surface area contributed by atoms with Crippen molar-refractivity contribution in [3.63, 3.8) is 0 Å². The fraction of sp³-hybridized carbons (Fsp3) is 0.174. The predicted molar refractivity (Wildman–Crippen MR) is 110 cm³/mol. The molecule has 140 valence electrons.